The molecule has 5 heteroatoms. The zero-order chi connectivity index (χ0) is 20.5. The van der Waals surface area contributed by atoms with Gasteiger partial charge in [-0.05, 0) is 66.6 Å². The number of fused-ring (bicyclic) bond motifs is 2. The molecule has 1 aliphatic carbocycles. The second kappa shape index (κ2) is 7.75. The number of amides is 1. The third-order valence-corrected chi connectivity index (χ3v) is 6.03. The fraction of sp³-hybridized carbons (Fsp3) is 0.240. The molecule has 0 saturated carbocycles. The van der Waals surface area contributed by atoms with E-state index in [0.717, 1.165) is 30.3 Å². The second-order valence-corrected chi connectivity index (χ2v) is 7.99. The van der Waals surface area contributed by atoms with Crippen LogP contribution in [-0.4, -0.2) is 20.9 Å². The van der Waals surface area contributed by atoms with Gasteiger partial charge in [0.05, 0.1) is 18.1 Å². The molecule has 0 spiro atoms. The molecule has 0 bridgehead atoms. The first-order valence-corrected chi connectivity index (χ1v) is 10.5. The Labute approximate surface area is 175 Å². The van der Waals surface area contributed by atoms with Crippen molar-refractivity contribution in [3.8, 4) is 0 Å². The predicted octanol–water partition coefficient (Wildman–Crippen LogP) is 4.60. The third kappa shape index (κ3) is 3.47. The van der Waals surface area contributed by atoms with E-state index in [0.29, 0.717) is 12.1 Å². The average molecular weight is 396 g/mol. The van der Waals surface area contributed by atoms with Gasteiger partial charge in [0.25, 0.3) is 5.91 Å². The van der Waals surface area contributed by atoms with E-state index in [1.54, 1.807) is 0 Å². The van der Waals surface area contributed by atoms with Crippen LogP contribution >= 0.6 is 0 Å². The molecule has 30 heavy (non-hydrogen) atoms. The summed E-state index contributed by atoms with van der Waals surface area (Å²) in [5.41, 5.74) is 7.30. The topological polar surface area (TPSA) is 59.8 Å². The van der Waals surface area contributed by atoms with Gasteiger partial charge in [-0.3, -0.25) is 4.79 Å². The van der Waals surface area contributed by atoms with E-state index < -0.39 is 0 Å². The minimum absolute atomic E-state index is 0.0629. The van der Waals surface area contributed by atoms with Crippen molar-refractivity contribution in [2.45, 2.75) is 38.8 Å². The molecule has 0 aliphatic heterocycles. The van der Waals surface area contributed by atoms with Gasteiger partial charge in [-0.1, -0.05) is 53.7 Å². The lowest BCUT2D eigenvalue weighted by Gasteiger charge is -2.26. The van der Waals surface area contributed by atoms with Gasteiger partial charge in [0.2, 0.25) is 0 Å². The largest absolute Gasteiger partial charge is 0.345 e. The highest BCUT2D eigenvalue weighted by Gasteiger charge is 2.22. The predicted molar refractivity (Wildman–Crippen MR) is 117 cm³/mol. The number of aryl methyl sites for hydroxylation is 2. The molecule has 4 aromatic rings. The van der Waals surface area contributed by atoms with Gasteiger partial charge in [0.1, 0.15) is 5.52 Å². The van der Waals surface area contributed by atoms with Gasteiger partial charge in [-0.25, -0.2) is 4.68 Å². The van der Waals surface area contributed by atoms with E-state index in [1.807, 2.05) is 41.1 Å². The maximum absolute atomic E-state index is 12.9. The maximum Gasteiger partial charge on any atom is 0.251 e. The maximum atomic E-state index is 12.9. The molecule has 5 rings (SSSR count). The van der Waals surface area contributed by atoms with Crippen molar-refractivity contribution < 1.29 is 4.79 Å². The summed E-state index contributed by atoms with van der Waals surface area (Å²) in [5, 5.41) is 11.8. The molecule has 1 aromatic heterocycles. The summed E-state index contributed by atoms with van der Waals surface area (Å²) in [5.74, 6) is -0.0629. The minimum atomic E-state index is -0.0629. The van der Waals surface area contributed by atoms with Crippen LogP contribution in [0, 0.1) is 6.92 Å². The normalized spacial score (nSPS) is 15.7. The molecule has 0 fully saturated rings. The first-order valence-electron chi connectivity index (χ1n) is 10.5. The Bertz CT molecular complexity index is 1230. The molecular weight excluding hydrogens is 372 g/mol. The van der Waals surface area contributed by atoms with Crippen molar-refractivity contribution in [1.82, 2.24) is 20.3 Å². The van der Waals surface area contributed by atoms with Gasteiger partial charge < -0.3 is 5.32 Å². The number of aromatic nitrogens is 3. The van der Waals surface area contributed by atoms with Crippen LogP contribution in [0.5, 0.6) is 0 Å². The van der Waals surface area contributed by atoms with Crippen LogP contribution in [0.4, 0.5) is 0 Å². The first-order chi connectivity index (χ1) is 14.7. The highest BCUT2D eigenvalue weighted by atomic mass is 16.1. The molecule has 1 N–H and O–H groups in total. The van der Waals surface area contributed by atoms with E-state index >= 15 is 0 Å². The Morgan fingerprint density at radius 1 is 1.10 bits per heavy atom. The number of nitrogens with zero attached hydrogens (tertiary/aromatic N) is 3. The minimum Gasteiger partial charge on any atom is -0.345 e. The van der Waals surface area contributed by atoms with Crippen LogP contribution in [0.3, 0.4) is 0 Å². The first kappa shape index (κ1) is 18.6. The molecule has 1 amide bonds. The van der Waals surface area contributed by atoms with Crippen molar-refractivity contribution >= 4 is 16.9 Å². The lowest BCUT2D eigenvalue weighted by molar-refractivity contribution is 0.0933. The number of hydrogen-bond donors (Lipinski definition) is 1. The number of rotatable bonds is 4. The van der Waals surface area contributed by atoms with Gasteiger partial charge in [0, 0.05) is 5.56 Å². The highest BCUT2D eigenvalue weighted by molar-refractivity contribution is 5.97. The van der Waals surface area contributed by atoms with Crippen LogP contribution in [0.15, 0.2) is 66.7 Å². The van der Waals surface area contributed by atoms with Crippen LogP contribution in [0.25, 0.3) is 11.0 Å². The Balaban J connectivity index is 1.37. The summed E-state index contributed by atoms with van der Waals surface area (Å²) in [7, 11) is 0. The average Bonchev–Trinajstić information content (AvgIpc) is 3.17. The van der Waals surface area contributed by atoms with Gasteiger partial charge >= 0.3 is 0 Å². The summed E-state index contributed by atoms with van der Waals surface area (Å²) in [6.07, 6.45) is 3.14. The van der Waals surface area contributed by atoms with E-state index in [4.69, 9.17) is 0 Å². The quantitative estimate of drug-likeness (QED) is 0.549. The van der Waals surface area contributed by atoms with Crippen LogP contribution in [0.2, 0.25) is 0 Å². The molecule has 1 heterocycles. The van der Waals surface area contributed by atoms with Gasteiger partial charge in [0.15, 0.2) is 0 Å². The fourth-order valence-corrected chi connectivity index (χ4v) is 4.32. The third-order valence-electron chi connectivity index (χ3n) is 6.03. The molecule has 1 unspecified atom stereocenters. The zero-order valence-corrected chi connectivity index (χ0v) is 17.0. The highest BCUT2D eigenvalue weighted by Crippen LogP contribution is 2.29. The number of benzene rings is 3. The Hall–Kier alpha value is -3.47. The Morgan fingerprint density at radius 3 is 2.83 bits per heavy atom. The summed E-state index contributed by atoms with van der Waals surface area (Å²) < 4.78 is 1.89. The SMILES string of the molecule is Cc1ccccc1Cn1nnc2cc(C(=O)NC3CCCc4ccccc43)ccc21. The summed E-state index contributed by atoms with van der Waals surface area (Å²) in [4.78, 5) is 12.9. The molecule has 1 atom stereocenters. The Kier molecular flexibility index (Phi) is 4.79. The molecular formula is C25H24N4O. The molecule has 0 saturated heterocycles. The molecule has 3 aromatic carbocycles. The van der Waals surface area contributed by atoms with Gasteiger partial charge in [-0.15, -0.1) is 5.10 Å². The van der Waals surface area contributed by atoms with Crippen molar-refractivity contribution in [2.75, 3.05) is 0 Å². The van der Waals surface area contributed by atoms with Crippen molar-refractivity contribution in [1.29, 1.82) is 0 Å². The van der Waals surface area contributed by atoms with Crippen LogP contribution in [0.1, 0.15) is 51.5 Å². The standard InChI is InChI=1S/C25H24N4O/c1-17-7-2-3-9-20(17)16-29-24-14-13-19(15-23(24)27-28-29)25(30)26-22-12-6-10-18-8-4-5-11-21(18)22/h2-5,7-9,11,13-15,22H,6,10,12,16H2,1H3,(H,26,30). The summed E-state index contributed by atoms with van der Waals surface area (Å²) in [6.45, 7) is 2.76. The Morgan fingerprint density at radius 2 is 1.93 bits per heavy atom. The lowest BCUT2D eigenvalue weighted by atomic mass is 9.87. The van der Waals surface area contributed by atoms with Crippen molar-refractivity contribution in [2.24, 2.45) is 0 Å². The zero-order valence-electron chi connectivity index (χ0n) is 17.0. The van der Waals surface area contributed by atoms with Crippen molar-refractivity contribution in [3.63, 3.8) is 0 Å². The number of nitrogens with one attached hydrogen (secondary N) is 1. The lowest BCUT2D eigenvalue weighted by Crippen LogP contribution is -2.30. The smallest absolute Gasteiger partial charge is 0.251 e. The van der Waals surface area contributed by atoms with E-state index in [9.17, 15) is 4.79 Å². The summed E-state index contributed by atoms with van der Waals surface area (Å²) in [6, 6.07) is 22.4. The van der Waals surface area contributed by atoms with E-state index in [1.165, 1.54) is 22.3 Å². The second-order valence-electron chi connectivity index (χ2n) is 7.99. The summed E-state index contributed by atoms with van der Waals surface area (Å²) >= 11 is 0. The number of carbonyl (C=O) groups excluding carboxylic acids is 1. The van der Waals surface area contributed by atoms with Crippen molar-refractivity contribution in [3.05, 3.63) is 94.5 Å². The molecule has 0 radical (unpaired) electrons. The van der Waals surface area contributed by atoms with Crippen LogP contribution in [-0.2, 0) is 13.0 Å². The van der Waals surface area contributed by atoms with Gasteiger partial charge in [-0.2, -0.15) is 0 Å². The molecule has 5 nitrogen and oxygen atoms in total. The number of carbonyl (C=O) groups is 1. The fourth-order valence-electron chi connectivity index (χ4n) is 4.32. The number of hydrogen-bond acceptors (Lipinski definition) is 3. The monoisotopic (exact) mass is 396 g/mol. The van der Waals surface area contributed by atoms with E-state index in [2.05, 4.69) is 52.9 Å². The van der Waals surface area contributed by atoms with E-state index in [-0.39, 0.29) is 11.9 Å². The molecule has 150 valence electrons. The molecule has 1 aliphatic rings. The van der Waals surface area contributed by atoms with Crippen LogP contribution < -0.4 is 5.32 Å².